The molecule has 0 heterocycles. The van der Waals surface area contributed by atoms with Crippen LogP contribution in [0.3, 0.4) is 0 Å². The third kappa shape index (κ3) is 4.41. The zero-order valence-electron chi connectivity index (χ0n) is 9.77. The van der Waals surface area contributed by atoms with E-state index in [1.165, 1.54) is 6.92 Å². The molecule has 1 rings (SSSR count). The molecule has 0 unspecified atom stereocenters. The van der Waals surface area contributed by atoms with E-state index in [2.05, 4.69) is 15.9 Å². The largest absolute Gasteiger partial charge is 0.395 e. The monoisotopic (exact) mass is 320 g/mol. The summed E-state index contributed by atoms with van der Waals surface area (Å²) in [5, 5.41) is 8.18. The summed E-state index contributed by atoms with van der Waals surface area (Å²) in [7, 11) is -3.16. The van der Waals surface area contributed by atoms with E-state index in [1.807, 2.05) is 24.3 Å². The van der Waals surface area contributed by atoms with Gasteiger partial charge in [0.1, 0.15) is 0 Å². The molecule has 0 aliphatic rings. The molecule has 1 aromatic carbocycles. The van der Waals surface area contributed by atoms with Crippen LogP contribution in [0.5, 0.6) is 0 Å². The number of hydrogen-bond acceptors (Lipinski definition) is 3. The standard InChI is InChI=1S/C12H17BrO3S/c1-10(9-14)17(15,16)8-4-6-11-5-2-3-7-12(11)13/h2-3,5,7,10,14H,4,6,8-9H2,1H3/t10-/m0/s1. The number of halogens is 1. The van der Waals surface area contributed by atoms with Gasteiger partial charge in [-0.25, -0.2) is 8.42 Å². The van der Waals surface area contributed by atoms with Crippen molar-refractivity contribution < 1.29 is 13.5 Å². The van der Waals surface area contributed by atoms with Gasteiger partial charge in [0.25, 0.3) is 0 Å². The number of benzene rings is 1. The van der Waals surface area contributed by atoms with Crippen LogP contribution < -0.4 is 0 Å². The molecule has 3 nitrogen and oxygen atoms in total. The average molecular weight is 321 g/mol. The quantitative estimate of drug-likeness (QED) is 0.874. The van der Waals surface area contributed by atoms with Crippen LogP contribution in [0.2, 0.25) is 0 Å². The molecule has 0 aromatic heterocycles. The lowest BCUT2D eigenvalue weighted by molar-refractivity contribution is 0.295. The normalized spacial score (nSPS) is 13.6. The molecule has 5 heteroatoms. The lowest BCUT2D eigenvalue weighted by atomic mass is 10.1. The van der Waals surface area contributed by atoms with E-state index in [1.54, 1.807) is 0 Å². The van der Waals surface area contributed by atoms with E-state index in [0.717, 1.165) is 16.5 Å². The van der Waals surface area contributed by atoms with Crippen LogP contribution in [0.25, 0.3) is 0 Å². The van der Waals surface area contributed by atoms with Gasteiger partial charge in [-0.15, -0.1) is 0 Å². The first kappa shape index (κ1) is 14.7. The van der Waals surface area contributed by atoms with Crippen molar-refractivity contribution in [2.45, 2.75) is 25.0 Å². The molecule has 0 aliphatic carbocycles. The maximum Gasteiger partial charge on any atom is 0.155 e. The van der Waals surface area contributed by atoms with Gasteiger partial charge in [-0.2, -0.15) is 0 Å². The number of rotatable bonds is 6. The second-order valence-electron chi connectivity index (χ2n) is 4.06. The first-order valence-electron chi connectivity index (χ1n) is 5.53. The molecule has 1 aromatic rings. The van der Waals surface area contributed by atoms with Crippen molar-refractivity contribution >= 4 is 25.8 Å². The van der Waals surface area contributed by atoms with Gasteiger partial charge in [-0.05, 0) is 31.4 Å². The van der Waals surface area contributed by atoms with Gasteiger partial charge >= 0.3 is 0 Å². The van der Waals surface area contributed by atoms with Gasteiger partial charge in [-0.3, -0.25) is 0 Å². The molecule has 0 amide bonds. The minimum absolute atomic E-state index is 0.121. The maximum absolute atomic E-state index is 11.7. The second kappa shape index (κ2) is 6.52. The van der Waals surface area contributed by atoms with E-state index in [4.69, 9.17) is 5.11 Å². The number of hydrogen-bond donors (Lipinski definition) is 1. The third-order valence-corrected chi connectivity index (χ3v) is 5.71. The zero-order chi connectivity index (χ0) is 12.9. The maximum atomic E-state index is 11.7. The minimum atomic E-state index is -3.16. The van der Waals surface area contributed by atoms with Gasteiger partial charge in [-0.1, -0.05) is 34.1 Å². The Morgan fingerprint density at radius 2 is 2.00 bits per heavy atom. The summed E-state index contributed by atoms with van der Waals surface area (Å²) in [6, 6.07) is 7.79. The average Bonchev–Trinajstić information content (AvgIpc) is 2.30. The Labute approximate surface area is 111 Å². The van der Waals surface area contributed by atoms with Crippen LogP contribution in [-0.4, -0.2) is 31.1 Å². The highest BCUT2D eigenvalue weighted by Crippen LogP contribution is 2.18. The molecular weight excluding hydrogens is 304 g/mol. The molecule has 96 valence electrons. The summed E-state index contributed by atoms with van der Waals surface area (Å²) in [5.41, 5.74) is 1.11. The van der Waals surface area contributed by atoms with Crippen molar-refractivity contribution in [1.29, 1.82) is 0 Å². The summed E-state index contributed by atoms with van der Waals surface area (Å²) in [6.45, 7) is 1.23. The topological polar surface area (TPSA) is 54.4 Å². The second-order valence-corrected chi connectivity index (χ2v) is 7.45. The van der Waals surface area contributed by atoms with Crippen molar-refractivity contribution in [2.75, 3.05) is 12.4 Å². The highest BCUT2D eigenvalue weighted by atomic mass is 79.9. The van der Waals surface area contributed by atoms with Gasteiger partial charge in [0.2, 0.25) is 0 Å². The predicted molar refractivity (Wildman–Crippen MR) is 72.8 cm³/mol. The smallest absolute Gasteiger partial charge is 0.155 e. The summed E-state index contributed by atoms with van der Waals surface area (Å²) >= 11 is 3.43. The lowest BCUT2D eigenvalue weighted by Gasteiger charge is -2.10. The van der Waals surface area contributed by atoms with Crippen molar-refractivity contribution in [3.63, 3.8) is 0 Å². The Bertz CT molecular complexity index is 457. The minimum Gasteiger partial charge on any atom is -0.395 e. The van der Waals surface area contributed by atoms with Crippen molar-refractivity contribution in [3.8, 4) is 0 Å². The molecule has 1 N–H and O–H groups in total. The first-order valence-corrected chi connectivity index (χ1v) is 8.04. The van der Waals surface area contributed by atoms with Crippen LogP contribution >= 0.6 is 15.9 Å². The third-order valence-electron chi connectivity index (χ3n) is 2.70. The number of aryl methyl sites for hydroxylation is 1. The summed E-state index contributed by atoms with van der Waals surface area (Å²) in [5.74, 6) is 0.121. The SMILES string of the molecule is C[C@@H](CO)S(=O)(=O)CCCc1ccccc1Br. The van der Waals surface area contributed by atoms with E-state index in [0.29, 0.717) is 6.42 Å². The van der Waals surface area contributed by atoms with Crippen molar-refractivity contribution in [1.82, 2.24) is 0 Å². The molecule has 0 aliphatic heterocycles. The van der Waals surface area contributed by atoms with Gasteiger partial charge in [0.05, 0.1) is 17.6 Å². The van der Waals surface area contributed by atoms with Crippen LogP contribution in [0.15, 0.2) is 28.7 Å². The Morgan fingerprint density at radius 3 is 2.59 bits per heavy atom. The Balaban J connectivity index is 2.52. The fraction of sp³-hybridized carbons (Fsp3) is 0.500. The molecule has 17 heavy (non-hydrogen) atoms. The van der Waals surface area contributed by atoms with Crippen molar-refractivity contribution in [2.24, 2.45) is 0 Å². The molecule has 0 radical (unpaired) electrons. The molecule has 1 atom stereocenters. The van der Waals surface area contributed by atoms with E-state index >= 15 is 0 Å². The van der Waals surface area contributed by atoms with E-state index in [-0.39, 0.29) is 12.4 Å². The van der Waals surface area contributed by atoms with Crippen LogP contribution in [-0.2, 0) is 16.3 Å². The van der Waals surface area contributed by atoms with Gasteiger partial charge in [0.15, 0.2) is 9.84 Å². The Kier molecular flexibility index (Phi) is 5.62. The van der Waals surface area contributed by atoms with E-state index < -0.39 is 15.1 Å². The highest BCUT2D eigenvalue weighted by Gasteiger charge is 2.19. The van der Waals surface area contributed by atoms with Crippen LogP contribution in [0.1, 0.15) is 18.9 Å². The summed E-state index contributed by atoms with van der Waals surface area (Å²) < 4.78 is 24.3. The lowest BCUT2D eigenvalue weighted by Crippen LogP contribution is -2.24. The number of aliphatic hydroxyl groups excluding tert-OH is 1. The fourth-order valence-electron chi connectivity index (χ4n) is 1.48. The Hall–Kier alpha value is -0.390. The molecule has 0 fully saturated rings. The zero-order valence-corrected chi connectivity index (χ0v) is 12.2. The van der Waals surface area contributed by atoms with Gasteiger partial charge < -0.3 is 5.11 Å². The molecule has 0 saturated carbocycles. The van der Waals surface area contributed by atoms with Crippen molar-refractivity contribution in [3.05, 3.63) is 34.3 Å². The van der Waals surface area contributed by atoms with E-state index in [9.17, 15) is 8.42 Å². The molecule has 0 spiro atoms. The Morgan fingerprint density at radius 1 is 1.35 bits per heavy atom. The van der Waals surface area contributed by atoms with Crippen LogP contribution in [0, 0.1) is 0 Å². The van der Waals surface area contributed by atoms with Gasteiger partial charge in [0, 0.05) is 4.47 Å². The fourth-order valence-corrected chi connectivity index (χ4v) is 3.14. The molecular formula is C12H17BrO3S. The number of aliphatic hydroxyl groups is 1. The molecule has 0 bridgehead atoms. The van der Waals surface area contributed by atoms with Crippen LogP contribution in [0.4, 0.5) is 0 Å². The number of sulfone groups is 1. The highest BCUT2D eigenvalue weighted by molar-refractivity contribution is 9.10. The molecule has 0 saturated heterocycles. The summed E-state index contributed by atoms with van der Waals surface area (Å²) in [4.78, 5) is 0. The summed E-state index contributed by atoms with van der Waals surface area (Å²) in [6.07, 6.45) is 1.30. The predicted octanol–water partition coefficient (Wildman–Crippen LogP) is 2.18. The first-order chi connectivity index (χ1) is 7.97.